The van der Waals surface area contributed by atoms with E-state index in [0.717, 1.165) is 10.0 Å². The van der Waals surface area contributed by atoms with Gasteiger partial charge < -0.3 is 9.84 Å². The first-order valence-electron chi connectivity index (χ1n) is 9.74. The first-order valence-corrected chi connectivity index (χ1v) is 10.5. The second-order valence-corrected chi connectivity index (χ2v) is 7.88. The van der Waals surface area contributed by atoms with Crippen LogP contribution in [0.4, 0.5) is 0 Å². The van der Waals surface area contributed by atoms with Gasteiger partial charge >= 0.3 is 5.97 Å². The number of carboxylic acids is 1. The topological polar surface area (TPSA) is 93.8 Å². The fourth-order valence-corrected chi connectivity index (χ4v) is 3.47. The molecule has 3 aromatic carbocycles. The zero-order valence-corrected chi connectivity index (χ0v) is 18.6. The minimum Gasteiger partial charge on any atom is -0.479 e. The standard InChI is InChI=1S/C24H18BrN3O4/c1-15(24(30)31)32-21-12-11-18(25)13-17(21)14-26-28-22(16-7-3-2-4-8-16)27-20-10-6-5-9-19(20)23(28)29/h2-15H,1H3,(H,30,31)/t15-/m0/s1. The summed E-state index contributed by atoms with van der Waals surface area (Å²) < 4.78 is 7.54. The highest BCUT2D eigenvalue weighted by Crippen LogP contribution is 2.24. The Balaban J connectivity index is 1.86. The van der Waals surface area contributed by atoms with E-state index in [4.69, 9.17) is 4.74 Å². The van der Waals surface area contributed by atoms with Gasteiger partial charge in [-0.3, -0.25) is 4.79 Å². The van der Waals surface area contributed by atoms with Crippen molar-refractivity contribution in [3.05, 3.63) is 93.2 Å². The van der Waals surface area contributed by atoms with Gasteiger partial charge in [-0.15, -0.1) is 0 Å². The van der Waals surface area contributed by atoms with Crippen molar-refractivity contribution >= 4 is 39.0 Å². The first kappa shape index (κ1) is 21.5. The Labute approximate surface area is 191 Å². The largest absolute Gasteiger partial charge is 0.479 e. The number of hydrogen-bond donors (Lipinski definition) is 1. The summed E-state index contributed by atoms with van der Waals surface area (Å²) in [6, 6.07) is 21.5. The number of hydrogen-bond acceptors (Lipinski definition) is 5. The lowest BCUT2D eigenvalue weighted by atomic mass is 10.2. The molecule has 4 aromatic rings. The predicted octanol–water partition coefficient (Wildman–Crippen LogP) is 4.56. The molecular weight excluding hydrogens is 474 g/mol. The van der Waals surface area contributed by atoms with Crippen LogP contribution < -0.4 is 10.3 Å². The van der Waals surface area contributed by atoms with Crippen LogP contribution in [0, 0.1) is 0 Å². The van der Waals surface area contributed by atoms with Gasteiger partial charge in [-0.05, 0) is 37.3 Å². The number of benzene rings is 3. The molecule has 0 saturated carbocycles. The van der Waals surface area contributed by atoms with Crippen molar-refractivity contribution in [1.29, 1.82) is 0 Å². The number of aromatic nitrogens is 2. The molecule has 8 heteroatoms. The summed E-state index contributed by atoms with van der Waals surface area (Å²) in [5, 5.41) is 14.0. The average molecular weight is 492 g/mol. The van der Waals surface area contributed by atoms with Gasteiger partial charge in [-0.25, -0.2) is 9.78 Å². The van der Waals surface area contributed by atoms with Gasteiger partial charge in [0.15, 0.2) is 11.9 Å². The highest BCUT2D eigenvalue weighted by Gasteiger charge is 2.15. The van der Waals surface area contributed by atoms with Gasteiger partial charge in [0.2, 0.25) is 0 Å². The predicted molar refractivity (Wildman–Crippen MR) is 126 cm³/mol. The summed E-state index contributed by atoms with van der Waals surface area (Å²) in [5.74, 6) is -0.367. The minimum atomic E-state index is -1.09. The molecule has 7 nitrogen and oxygen atoms in total. The number of aliphatic carboxylic acids is 1. The van der Waals surface area contributed by atoms with Crippen LogP contribution in [0.2, 0.25) is 0 Å². The molecule has 0 bridgehead atoms. The Bertz CT molecular complexity index is 1380. The number of carbonyl (C=O) groups is 1. The molecule has 0 aliphatic rings. The molecule has 1 N–H and O–H groups in total. The maximum Gasteiger partial charge on any atom is 0.344 e. The summed E-state index contributed by atoms with van der Waals surface area (Å²) in [5.41, 5.74) is 1.50. The van der Waals surface area contributed by atoms with Crippen LogP contribution in [0.5, 0.6) is 5.75 Å². The van der Waals surface area contributed by atoms with Crippen LogP contribution >= 0.6 is 15.9 Å². The van der Waals surface area contributed by atoms with Crippen LogP contribution in [0.25, 0.3) is 22.3 Å². The Morgan fingerprint density at radius 2 is 1.84 bits per heavy atom. The van der Waals surface area contributed by atoms with Gasteiger partial charge in [0.05, 0.1) is 17.1 Å². The summed E-state index contributed by atoms with van der Waals surface area (Å²) in [4.78, 5) is 29.1. The zero-order valence-electron chi connectivity index (χ0n) is 17.0. The number of rotatable bonds is 6. The van der Waals surface area contributed by atoms with Crippen LogP contribution in [0.1, 0.15) is 12.5 Å². The summed E-state index contributed by atoms with van der Waals surface area (Å²) in [6.45, 7) is 1.44. The Hall–Kier alpha value is -3.78. The van der Waals surface area contributed by atoms with E-state index in [1.807, 2.05) is 36.4 Å². The second kappa shape index (κ2) is 9.15. The maximum absolute atomic E-state index is 13.3. The zero-order chi connectivity index (χ0) is 22.7. The Morgan fingerprint density at radius 3 is 2.59 bits per heavy atom. The maximum atomic E-state index is 13.3. The third-order valence-electron chi connectivity index (χ3n) is 4.72. The number of ether oxygens (including phenoxy) is 1. The SMILES string of the molecule is C[C@H](Oc1ccc(Br)cc1C=Nn1c(-c2ccccc2)nc2ccccc2c1=O)C(=O)O. The lowest BCUT2D eigenvalue weighted by Crippen LogP contribution is -2.23. The highest BCUT2D eigenvalue weighted by atomic mass is 79.9. The van der Waals surface area contributed by atoms with Gasteiger partial charge in [0.25, 0.3) is 5.56 Å². The molecule has 0 fully saturated rings. The van der Waals surface area contributed by atoms with Gasteiger partial charge in [-0.1, -0.05) is 58.4 Å². The summed E-state index contributed by atoms with van der Waals surface area (Å²) >= 11 is 3.40. The molecule has 0 radical (unpaired) electrons. The van der Waals surface area contributed by atoms with E-state index < -0.39 is 12.1 Å². The Kier molecular flexibility index (Phi) is 6.13. The van der Waals surface area contributed by atoms with Crippen molar-refractivity contribution in [3.63, 3.8) is 0 Å². The van der Waals surface area contributed by atoms with Crippen molar-refractivity contribution < 1.29 is 14.6 Å². The van der Waals surface area contributed by atoms with E-state index in [1.54, 1.807) is 36.4 Å². The molecule has 1 aromatic heterocycles. The normalized spacial score (nSPS) is 12.2. The minimum absolute atomic E-state index is 0.318. The molecule has 0 aliphatic carbocycles. The number of fused-ring (bicyclic) bond motifs is 1. The molecule has 1 heterocycles. The lowest BCUT2D eigenvalue weighted by Gasteiger charge is -2.13. The van der Waals surface area contributed by atoms with E-state index in [1.165, 1.54) is 17.8 Å². The van der Waals surface area contributed by atoms with E-state index in [-0.39, 0.29) is 5.56 Å². The van der Waals surface area contributed by atoms with Crippen molar-refractivity contribution in [3.8, 4) is 17.1 Å². The number of nitrogens with zero attached hydrogens (tertiary/aromatic N) is 3. The molecule has 0 unspecified atom stereocenters. The molecule has 160 valence electrons. The van der Waals surface area contributed by atoms with Crippen molar-refractivity contribution in [2.24, 2.45) is 5.10 Å². The van der Waals surface area contributed by atoms with Gasteiger partial charge in [-0.2, -0.15) is 9.78 Å². The van der Waals surface area contributed by atoms with E-state index >= 15 is 0 Å². The average Bonchev–Trinajstić information content (AvgIpc) is 2.80. The molecule has 1 atom stereocenters. The van der Waals surface area contributed by atoms with Crippen LogP contribution in [0.15, 0.2) is 87.2 Å². The van der Waals surface area contributed by atoms with Gasteiger partial charge in [0.1, 0.15) is 5.75 Å². The number of carboxylic acid groups (broad SMARTS) is 1. The van der Waals surface area contributed by atoms with Gasteiger partial charge in [0, 0.05) is 15.6 Å². The molecule has 0 amide bonds. The molecule has 0 spiro atoms. The van der Waals surface area contributed by atoms with Crippen molar-refractivity contribution in [2.45, 2.75) is 13.0 Å². The summed E-state index contributed by atoms with van der Waals surface area (Å²) in [6.07, 6.45) is 0.409. The fourth-order valence-electron chi connectivity index (χ4n) is 3.09. The quantitative estimate of drug-likeness (QED) is 0.399. The van der Waals surface area contributed by atoms with Crippen molar-refractivity contribution in [1.82, 2.24) is 9.66 Å². The third kappa shape index (κ3) is 4.45. The number of halogens is 1. The lowest BCUT2D eigenvalue weighted by molar-refractivity contribution is -0.144. The van der Waals surface area contributed by atoms with Crippen LogP contribution in [0.3, 0.4) is 0 Å². The molecule has 32 heavy (non-hydrogen) atoms. The van der Waals surface area contributed by atoms with Crippen LogP contribution in [-0.4, -0.2) is 33.1 Å². The van der Waals surface area contributed by atoms with E-state index in [2.05, 4.69) is 26.0 Å². The second-order valence-electron chi connectivity index (χ2n) is 6.96. The van der Waals surface area contributed by atoms with Crippen molar-refractivity contribution in [2.75, 3.05) is 0 Å². The summed E-state index contributed by atoms with van der Waals surface area (Å²) in [7, 11) is 0. The molecule has 0 saturated heterocycles. The van der Waals surface area contributed by atoms with Crippen LogP contribution in [-0.2, 0) is 4.79 Å². The monoisotopic (exact) mass is 491 g/mol. The fraction of sp³-hybridized carbons (Fsp3) is 0.0833. The molecule has 4 rings (SSSR count). The molecule has 0 aliphatic heterocycles. The Morgan fingerprint density at radius 1 is 1.12 bits per heavy atom. The molecular formula is C24H18BrN3O4. The smallest absolute Gasteiger partial charge is 0.344 e. The first-order chi connectivity index (χ1) is 15.4. The van der Waals surface area contributed by atoms with E-state index in [9.17, 15) is 14.7 Å². The highest BCUT2D eigenvalue weighted by molar-refractivity contribution is 9.10. The third-order valence-corrected chi connectivity index (χ3v) is 5.21. The van der Waals surface area contributed by atoms with E-state index in [0.29, 0.717) is 28.0 Å². The number of para-hydroxylation sites is 1.